The summed E-state index contributed by atoms with van der Waals surface area (Å²) in [7, 11) is 1.87. The highest BCUT2D eigenvalue weighted by Gasteiger charge is 2.53. The number of benzene rings is 9. The Morgan fingerprint density at radius 2 is 0.651 bits per heavy atom. The summed E-state index contributed by atoms with van der Waals surface area (Å²) in [6, 6.07) is 70.6. The van der Waals surface area contributed by atoms with Crippen molar-refractivity contribution in [3.05, 3.63) is 272 Å². The maximum atomic E-state index is 14.7. The fourth-order valence-corrected chi connectivity index (χ4v) is 12.2. The number of carbonyl (C=O) groups excluding carboxylic acids is 1. The number of aliphatic imine (C=N–C) groups is 1. The number of hydrogen-bond donors (Lipinski definition) is 0. The lowest BCUT2D eigenvalue weighted by Gasteiger charge is -2.31. The number of rotatable bonds is 4. The number of carbonyl (C=O) groups is 1. The zero-order valence-corrected chi connectivity index (χ0v) is 35.3. The molecule has 0 fully saturated rings. The molecule has 0 N–H and O–H groups in total. The van der Waals surface area contributed by atoms with Crippen molar-refractivity contribution in [1.82, 2.24) is 0 Å². The van der Waals surface area contributed by atoms with Gasteiger partial charge in [-0.2, -0.15) is 0 Å². The Kier molecular flexibility index (Phi) is 7.39. The highest BCUT2D eigenvalue weighted by molar-refractivity contribution is 6.15. The number of nitrogens with zero attached hydrogens (tertiary/aromatic N) is 1. The van der Waals surface area contributed by atoms with E-state index in [-0.39, 0.29) is 5.78 Å². The van der Waals surface area contributed by atoms with Gasteiger partial charge < -0.3 is 0 Å². The van der Waals surface area contributed by atoms with Crippen LogP contribution in [-0.4, -0.2) is 18.5 Å². The van der Waals surface area contributed by atoms with Gasteiger partial charge in [0.25, 0.3) is 0 Å². The molecule has 0 atom stereocenters. The molecule has 2 nitrogen and oxygen atoms in total. The number of hydrogen-bond acceptors (Lipinski definition) is 2. The van der Waals surface area contributed by atoms with Gasteiger partial charge in [0.1, 0.15) is 0 Å². The number of fused-ring (bicyclic) bond motifs is 20. The van der Waals surface area contributed by atoms with Crippen LogP contribution in [0.2, 0.25) is 0 Å². The Morgan fingerprint density at radius 1 is 0.333 bits per heavy atom. The monoisotopic (exact) mass is 803 g/mol. The Balaban J connectivity index is 0.897. The summed E-state index contributed by atoms with van der Waals surface area (Å²) in [6.45, 7) is 4.37. The van der Waals surface area contributed by atoms with E-state index in [4.69, 9.17) is 4.99 Å². The van der Waals surface area contributed by atoms with E-state index in [9.17, 15) is 4.79 Å². The van der Waals surface area contributed by atoms with Gasteiger partial charge >= 0.3 is 0 Å². The lowest BCUT2D eigenvalue weighted by Crippen LogP contribution is -2.26. The summed E-state index contributed by atoms with van der Waals surface area (Å²) in [5.41, 5.74) is 26.1. The second-order valence-corrected chi connectivity index (χ2v) is 17.8. The molecule has 63 heavy (non-hydrogen) atoms. The molecule has 296 valence electrons. The van der Waals surface area contributed by atoms with Crippen molar-refractivity contribution in [1.29, 1.82) is 0 Å². The van der Waals surface area contributed by atoms with Crippen molar-refractivity contribution in [2.24, 2.45) is 4.99 Å². The first kappa shape index (κ1) is 36.0. The van der Waals surface area contributed by atoms with Gasteiger partial charge in [-0.3, -0.25) is 9.79 Å². The van der Waals surface area contributed by atoms with Crippen LogP contribution in [0.25, 0.3) is 44.5 Å². The molecule has 9 aromatic carbocycles. The standard InChI is InChI=1S/C61H41NO/c1-36-20-28-46-48-30-26-40(34-56(48)60(54(46)32-36)50-16-8-4-12-42(50)43-13-5-9-17-51(43)60)58(62-3)38-22-24-39(25-23-38)59(63)41-27-31-49-47-29-21-37(2)33-55(47)61(57(49)35-41)52-18-10-6-14-44(52)45-15-7-11-19-53(45)61/h4-35H,1-3H3/b62-58+. The van der Waals surface area contributed by atoms with Crippen LogP contribution in [0.4, 0.5) is 0 Å². The summed E-state index contributed by atoms with van der Waals surface area (Å²) in [6.07, 6.45) is 0. The molecule has 0 heterocycles. The predicted molar refractivity (Wildman–Crippen MR) is 256 cm³/mol. The van der Waals surface area contributed by atoms with E-state index < -0.39 is 10.8 Å². The molecule has 0 saturated heterocycles. The Hall–Kier alpha value is -7.68. The van der Waals surface area contributed by atoms with Gasteiger partial charge in [-0.1, -0.05) is 193 Å². The maximum absolute atomic E-state index is 14.7. The first-order chi connectivity index (χ1) is 30.9. The predicted octanol–water partition coefficient (Wildman–Crippen LogP) is 13.7. The minimum Gasteiger partial charge on any atom is -0.289 e. The molecular weight excluding hydrogens is 763 g/mol. The van der Waals surface area contributed by atoms with Crippen LogP contribution in [0.3, 0.4) is 0 Å². The normalized spacial score (nSPS) is 14.7. The molecular formula is C61H41NO. The molecule has 2 spiro atoms. The van der Waals surface area contributed by atoms with Crippen LogP contribution >= 0.6 is 0 Å². The van der Waals surface area contributed by atoms with Crippen molar-refractivity contribution >= 4 is 11.5 Å². The van der Waals surface area contributed by atoms with Crippen LogP contribution in [0.1, 0.15) is 82.7 Å². The first-order valence-corrected chi connectivity index (χ1v) is 22.0. The third-order valence-electron chi connectivity index (χ3n) is 14.7. The zero-order chi connectivity index (χ0) is 42.2. The number of aryl methyl sites for hydroxylation is 2. The number of ketones is 1. The SMILES string of the molecule is C/N=C(\c1ccc(C(=O)c2ccc3c(c2)C2(c4ccccc4-c4ccccc42)c2cc(C)ccc2-3)cc1)c1ccc2c(c1)C1(c3ccccc3-c3ccccc31)c1cc(C)ccc1-2. The third-order valence-corrected chi connectivity index (χ3v) is 14.7. The quantitative estimate of drug-likeness (QED) is 0.129. The van der Waals surface area contributed by atoms with Gasteiger partial charge in [0.2, 0.25) is 0 Å². The van der Waals surface area contributed by atoms with E-state index in [1.165, 1.54) is 100 Å². The summed E-state index contributed by atoms with van der Waals surface area (Å²) in [5.74, 6) is 0.00675. The van der Waals surface area contributed by atoms with Gasteiger partial charge in [0.15, 0.2) is 5.78 Å². The van der Waals surface area contributed by atoms with Crippen LogP contribution in [0.15, 0.2) is 199 Å². The molecule has 0 aromatic heterocycles. The minimum absolute atomic E-state index is 0.00675. The van der Waals surface area contributed by atoms with Crippen molar-refractivity contribution in [2.45, 2.75) is 24.7 Å². The summed E-state index contributed by atoms with van der Waals surface area (Å²) in [4.78, 5) is 19.6. The smallest absolute Gasteiger partial charge is 0.193 e. The topological polar surface area (TPSA) is 29.4 Å². The molecule has 4 aliphatic carbocycles. The molecule has 0 saturated carbocycles. The van der Waals surface area contributed by atoms with Gasteiger partial charge in [-0.15, -0.1) is 0 Å². The molecule has 4 aliphatic rings. The molecule has 0 unspecified atom stereocenters. The van der Waals surface area contributed by atoms with Crippen LogP contribution in [-0.2, 0) is 10.8 Å². The summed E-state index contributed by atoms with van der Waals surface area (Å²) in [5, 5.41) is 0. The van der Waals surface area contributed by atoms with Gasteiger partial charge in [-0.25, -0.2) is 0 Å². The summed E-state index contributed by atoms with van der Waals surface area (Å²) < 4.78 is 0. The molecule has 0 radical (unpaired) electrons. The second kappa shape index (κ2) is 12.9. The average Bonchev–Trinajstić information content (AvgIpc) is 4.00. The van der Waals surface area contributed by atoms with Gasteiger partial charge in [-0.05, 0) is 115 Å². The van der Waals surface area contributed by atoms with Crippen molar-refractivity contribution in [3.63, 3.8) is 0 Å². The van der Waals surface area contributed by atoms with Crippen molar-refractivity contribution in [3.8, 4) is 44.5 Å². The maximum Gasteiger partial charge on any atom is 0.193 e. The van der Waals surface area contributed by atoms with Crippen LogP contribution in [0.5, 0.6) is 0 Å². The Bertz CT molecular complexity index is 3420. The highest BCUT2D eigenvalue weighted by atomic mass is 16.1. The second-order valence-electron chi connectivity index (χ2n) is 17.8. The van der Waals surface area contributed by atoms with E-state index in [1.54, 1.807) is 0 Å². The fraction of sp³-hybridized carbons (Fsp3) is 0.0820. The van der Waals surface area contributed by atoms with E-state index in [2.05, 4.69) is 190 Å². The Morgan fingerprint density at radius 3 is 1.08 bits per heavy atom. The largest absolute Gasteiger partial charge is 0.289 e. The van der Waals surface area contributed by atoms with Crippen molar-refractivity contribution in [2.75, 3.05) is 7.05 Å². The first-order valence-electron chi connectivity index (χ1n) is 22.0. The summed E-state index contributed by atoms with van der Waals surface area (Å²) >= 11 is 0. The molecule has 2 heteroatoms. The van der Waals surface area contributed by atoms with Gasteiger partial charge in [0, 0.05) is 29.3 Å². The fourth-order valence-electron chi connectivity index (χ4n) is 12.2. The van der Waals surface area contributed by atoms with Gasteiger partial charge in [0.05, 0.1) is 16.5 Å². The Labute approximate surface area is 367 Å². The molecule has 9 aromatic rings. The molecule has 13 rings (SSSR count). The molecule has 0 bridgehead atoms. The third kappa shape index (κ3) is 4.57. The highest BCUT2D eigenvalue weighted by Crippen LogP contribution is 2.64. The lowest BCUT2D eigenvalue weighted by atomic mass is 9.70. The lowest BCUT2D eigenvalue weighted by molar-refractivity contribution is 0.103. The zero-order valence-electron chi connectivity index (χ0n) is 35.3. The molecule has 0 amide bonds. The molecule has 0 aliphatic heterocycles. The minimum atomic E-state index is -0.506. The van der Waals surface area contributed by atoms with E-state index in [0.29, 0.717) is 11.1 Å². The van der Waals surface area contributed by atoms with E-state index in [1.807, 2.05) is 25.2 Å². The average molecular weight is 804 g/mol. The van der Waals surface area contributed by atoms with Crippen LogP contribution < -0.4 is 0 Å². The van der Waals surface area contributed by atoms with Crippen LogP contribution in [0, 0.1) is 13.8 Å². The van der Waals surface area contributed by atoms with E-state index >= 15 is 0 Å². The van der Waals surface area contributed by atoms with Crippen molar-refractivity contribution < 1.29 is 4.79 Å². The van der Waals surface area contributed by atoms with E-state index in [0.717, 1.165) is 16.8 Å².